The summed E-state index contributed by atoms with van der Waals surface area (Å²) in [5, 5.41) is 0.278. The number of halogens is 3. The van der Waals surface area contributed by atoms with Crippen LogP contribution in [0.2, 0.25) is 0 Å². The molecule has 0 bridgehead atoms. The maximum Gasteiger partial charge on any atom is 0.522 e. The first kappa shape index (κ1) is 25.2. The molecular weight excluding hydrogens is 465 g/mol. The molecule has 9 nitrogen and oxygen atoms in total. The number of carbonyl (C=O) groups is 1. The molecular formula is C20H27F3N4O5S. The van der Waals surface area contributed by atoms with Crippen molar-refractivity contribution < 1.29 is 27.4 Å². The fourth-order valence-corrected chi connectivity index (χ4v) is 4.74. The van der Waals surface area contributed by atoms with Gasteiger partial charge in [0.15, 0.2) is 0 Å². The lowest BCUT2D eigenvalue weighted by Crippen LogP contribution is -2.40. The lowest BCUT2D eigenvalue weighted by Gasteiger charge is -2.19. The second-order valence-electron chi connectivity index (χ2n) is 8.99. The normalized spacial score (nSPS) is 18.5. The van der Waals surface area contributed by atoms with Gasteiger partial charge < -0.3 is 4.74 Å². The van der Waals surface area contributed by atoms with Crippen molar-refractivity contribution in [2.45, 2.75) is 72.1 Å². The third-order valence-electron chi connectivity index (χ3n) is 5.16. The largest absolute Gasteiger partial charge is 0.522 e. The number of fused-ring (bicyclic) bond motifs is 1. The van der Waals surface area contributed by atoms with Gasteiger partial charge in [-0.15, -0.1) is 24.5 Å². The Balaban J connectivity index is 1.93. The second kappa shape index (κ2) is 9.11. The van der Waals surface area contributed by atoms with Crippen LogP contribution in [0.3, 0.4) is 0 Å². The zero-order valence-corrected chi connectivity index (χ0v) is 19.8. The molecule has 2 aromatic rings. The highest BCUT2D eigenvalue weighted by Crippen LogP contribution is 2.41. The minimum atomic E-state index is -4.82. The van der Waals surface area contributed by atoms with E-state index in [1.807, 2.05) is 6.92 Å². The number of aromatic nitrogens is 2. The Morgan fingerprint density at radius 1 is 1.24 bits per heavy atom. The monoisotopic (exact) mass is 492 g/mol. The van der Waals surface area contributed by atoms with E-state index in [0.29, 0.717) is 16.9 Å². The van der Waals surface area contributed by atoms with Crippen molar-refractivity contribution in [3.05, 3.63) is 31.3 Å². The molecule has 0 radical (unpaired) electrons. The van der Waals surface area contributed by atoms with E-state index in [2.05, 4.69) is 15.6 Å². The lowest BCUT2D eigenvalue weighted by atomic mass is 10.2. The molecule has 0 spiro atoms. The number of hydrogen-bond donors (Lipinski definition) is 2. The second-order valence-corrected chi connectivity index (χ2v) is 10.1. The molecule has 2 aromatic heterocycles. The van der Waals surface area contributed by atoms with E-state index in [9.17, 15) is 27.6 Å². The van der Waals surface area contributed by atoms with E-state index in [0.717, 1.165) is 20.5 Å². The van der Waals surface area contributed by atoms with Gasteiger partial charge in [0.2, 0.25) is 0 Å². The number of nitrogens with one attached hydrogen (secondary N) is 2. The number of alkyl halides is 3. The van der Waals surface area contributed by atoms with Gasteiger partial charge in [0.05, 0.1) is 18.5 Å². The van der Waals surface area contributed by atoms with Crippen molar-refractivity contribution in [2.75, 3.05) is 6.61 Å². The number of ether oxygens (including phenoxy) is 2. The van der Waals surface area contributed by atoms with Gasteiger partial charge in [0.1, 0.15) is 10.4 Å². The zero-order chi connectivity index (χ0) is 24.7. The highest BCUT2D eigenvalue weighted by molar-refractivity contribution is 7.18. The molecule has 2 heterocycles. The van der Waals surface area contributed by atoms with Gasteiger partial charge in [-0.2, -0.15) is 0 Å². The minimum Gasteiger partial charge on any atom is -0.443 e. The van der Waals surface area contributed by atoms with Crippen molar-refractivity contribution in [1.29, 1.82) is 0 Å². The fraction of sp³-hybridized carbons (Fsp3) is 0.650. The van der Waals surface area contributed by atoms with Crippen LogP contribution < -0.4 is 22.1 Å². The number of hydrogen-bond acceptors (Lipinski definition) is 7. The Morgan fingerprint density at radius 2 is 1.88 bits per heavy atom. The molecule has 184 valence electrons. The standard InChI is InChI=1S/C20H27F3N4O5S/c1-10-8-12(10)27-15(28)14-11(2)13(9-24-25-17(29)32-19(3,4)5)33-16(14)26(18(27)30)6-7-31-20(21,22)23/h10,12,24H,6-9H2,1-5H3,(H,25,29). The summed E-state index contributed by atoms with van der Waals surface area (Å²) in [6.07, 6.45) is -4.86. The molecule has 1 aliphatic rings. The summed E-state index contributed by atoms with van der Waals surface area (Å²) in [4.78, 5) is 39.0. The van der Waals surface area contributed by atoms with Crippen LogP contribution in [0.15, 0.2) is 9.59 Å². The molecule has 1 fully saturated rings. The van der Waals surface area contributed by atoms with Gasteiger partial charge in [-0.05, 0) is 45.6 Å². The van der Waals surface area contributed by atoms with Crippen LogP contribution in [-0.2, 0) is 22.6 Å². The molecule has 33 heavy (non-hydrogen) atoms. The Morgan fingerprint density at radius 3 is 2.42 bits per heavy atom. The molecule has 2 unspecified atom stereocenters. The summed E-state index contributed by atoms with van der Waals surface area (Å²) < 4.78 is 48.7. The molecule has 1 aliphatic carbocycles. The number of amides is 1. The number of carbonyl (C=O) groups excluding carboxylic acids is 1. The van der Waals surface area contributed by atoms with E-state index in [-0.39, 0.29) is 35.3 Å². The summed E-state index contributed by atoms with van der Waals surface area (Å²) in [6, 6.07) is -0.279. The minimum absolute atomic E-state index is 0.122. The number of hydrazine groups is 1. The van der Waals surface area contributed by atoms with Crippen molar-refractivity contribution in [3.63, 3.8) is 0 Å². The SMILES string of the molecule is Cc1c(CNNC(=O)OC(C)(C)C)sc2c1c(=O)n(C1CC1C)c(=O)n2CCOC(F)(F)F. The summed E-state index contributed by atoms with van der Waals surface area (Å²) in [5.74, 6) is 0.130. The zero-order valence-electron chi connectivity index (χ0n) is 19.0. The van der Waals surface area contributed by atoms with Gasteiger partial charge in [-0.25, -0.2) is 15.0 Å². The van der Waals surface area contributed by atoms with Crippen molar-refractivity contribution in [2.24, 2.45) is 5.92 Å². The molecule has 13 heteroatoms. The van der Waals surface area contributed by atoms with Crippen LogP contribution in [0.5, 0.6) is 0 Å². The smallest absolute Gasteiger partial charge is 0.443 e. The quantitative estimate of drug-likeness (QED) is 0.576. The molecule has 2 atom stereocenters. The Labute approximate surface area is 191 Å². The summed E-state index contributed by atoms with van der Waals surface area (Å²) in [7, 11) is 0. The topological polar surface area (TPSA) is 104 Å². The van der Waals surface area contributed by atoms with Crippen molar-refractivity contribution >= 4 is 27.6 Å². The maximum absolute atomic E-state index is 13.2. The van der Waals surface area contributed by atoms with Crippen LogP contribution in [-0.4, -0.2) is 33.8 Å². The number of nitrogens with zero attached hydrogens (tertiary/aromatic N) is 2. The number of aryl methyl sites for hydroxylation is 1. The lowest BCUT2D eigenvalue weighted by molar-refractivity contribution is -0.325. The summed E-state index contributed by atoms with van der Waals surface area (Å²) in [5.41, 5.74) is 3.90. The van der Waals surface area contributed by atoms with Crippen LogP contribution in [0, 0.1) is 12.8 Å². The number of rotatable bonds is 7. The maximum atomic E-state index is 13.2. The van der Waals surface area contributed by atoms with E-state index < -0.39 is 35.9 Å². The molecule has 2 N–H and O–H groups in total. The van der Waals surface area contributed by atoms with E-state index in [4.69, 9.17) is 4.74 Å². The molecule has 0 aromatic carbocycles. The average molecular weight is 493 g/mol. The van der Waals surface area contributed by atoms with Crippen molar-refractivity contribution in [1.82, 2.24) is 20.0 Å². The average Bonchev–Trinajstić information content (AvgIpc) is 3.26. The summed E-state index contributed by atoms with van der Waals surface area (Å²) in [6.45, 7) is 7.75. The van der Waals surface area contributed by atoms with Gasteiger partial charge >= 0.3 is 18.1 Å². The first-order valence-electron chi connectivity index (χ1n) is 10.4. The van der Waals surface area contributed by atoms with E-state index >= 15 is 0 Å². The summed E-state index contributed by atoms with van der Waals surface area (Å²) >= 11 is 1.10. The van der Waals surface area contributed by atoms with Gasteiger partial charge in [-0.1, -0.05) is 6.92 Å². The molecule has 0 aliphatic heterocycles. The molecule has 1 amide bonds. The van der Waals surface area contributed by atoms with Crippen LogP contribution >= 0.6 is 11.3 Å². The third kappa shape index (κ3) is 5.95. The fourth-order valence-electron chi connectivity index (χ4n) is 3.48. The van der Waals surface area contributed by atoms with E-state index in [1.54, 1.807) is 27.7 Å². The van der Waals surface area contributed by atoms with Crippen molar-refractivity contribution in [3.8, 4) is 0 Å². The molecule has 0 saturated heterocycles. The van der Waals surface area contributed by atoms with Gasteiger partial charge in [-0.3, -0.25) is 24.1 Å². The Kier molecular flexibility index (Phi) is 6.97. The first-order chi connectivity index (χ1) is 15.2. The molecule has 1 saturated carbocycles. The highest BCUT2D eigenvalue weighted by atomic mass is 32.1. The van der Waals surface area contributed by atoms with Crippen LogP contribution in [0.1, 0.15) is 50.6 Å². The molecule has 3 rings (SSSR count). The number of thiophene rings is 1. The predicted octanol–water partition coefficient (Wildman–Crippen LogP) is 3.18. The van der Waals surface area contributed by atoms with Crippen LogP contribution in [0.4, 0.5) is 18.0 Å². The van der Waals surface area contributed by atoms with Gasteiger partial charge in [0, 0.05) is 17.5 Å². The predicted molar refractivity (Wildman–Crippen MR) is 116 cm³/mol. The third-order valence-corrected chi connectivity index (χ3v) is 6.47. The van der Waals surface area contributed by atoms with E-state index in [1.165, 1.54) is 0 Å². The van der Waals surface area contributed by atoms with Gasteiger partial charge in [0.25, 0.3) is 5.56 Å². The Hall–Kier alpha value is -2.38. The van der Waals surface area contributed by atoms with Crippen LogP contribution in [0.25, 0.3) is 10.2 Å². The Bertz CT molecular complexity index is 1160. The highest BCUT2D eigenvalue weighted by Gasteiger charge is 2.38. The first-order valence-corrected chi connectivity index (χ1v) is 11.2.